The lowest BCUT2D eigenvalue weighted by molar-refractivity contribution is -0.298. The van der Waals surface area contributed by atoms with Gasteiger partial charge in [-0.25, -0.2) is 4.79 Å². The van der Waals surface area contributed by atoms with Gasteiger partial charge in [0, 0.05) is 30.0 Å². The Balaban J connectivity index is 1.66. The lowest BCUT2D eigenvalue weighted by Gasteiger charge is -2.49. The lowest BCUT2D eigenvalue weighted by Crippen LogP contribution is -2.60. The molecule has 1 aromatic rings. The SMILES string of the molecule is CCN1CCCC1c1ccc(C(=O)OC2CC(C)(C)N([O])C(C)(C)C2)cc1. The summed E-state index contributed by atoms with van der Waals surface area (Å²) in [6.45, 7) is 12.1. The molecule has 2 aliphatic rings. The predicted octanol–water partition coefficient (Wildman–Crippen LogP) is 4.37. The summed E-state index contributed by atoms with van der Waals surface area (Å²) in [4.78, 5) is 15.1. The summed E-state index contributed by atoms with van der Waals surface area (Å²) < 4.78 is 5.79. The van der Waals surface area contributed by atoms with E-state index >= 15 is 0 Å². The molecule has 2 saturated heterocycles. The average Bonchev–Trinajstić information content (AvgIpc) is 3.08. The first-order chi connectivity index (χ1) is 12.6. The molecule has 0 amide bonds. The van der Waals surface area contributed by atoms with Crippen LogP contribution in [0, 0.1) is 0 Å². The van der Waals surface area contributed by atoms with Crippen LogP contribution in [0.1, 0.15) is 82.3 Å². The number of esters is 1. The Labute approximate surface area is 163 Å². The summed E-state index contributed by atoms with van der Waals surface area (Å²) in [5, 5.41) is 13.6. The third-order valence-corrected chi connectivity index (χ3v) is 6.13. The average molecular weight is 374 g/mol. The van der Waals surface area contributed by atoms with Crippen LogP contribution in [-0.2, 0) is 9.94 Å². The summed E-state index contributed by atoms with van der Waals surface area (Å²) in [7, 11) is 0. The summed E-state index contributed by atoms with van der Waals surface area (Å²) in [6, 6.07) is 8.33. The third-order valence-electron chi connectivity index (χ3n) is 6.13. The van der Waals surface area contributed by atoms with Crippen LogP contribution < -0.4 is 0 Å². The smallest absolute Gasteiger partial charge is 0.338 e. The minimum absolute atomic E-state index is 0.238. The molecule has 2 aliphatic heterocycles. The van der Waals surface area contributed by atoms with Gasteiger partial charge in [0.05, 0.1) is 5.56 Å². The fraction of sp³-hybridized carbons (Fsp3) is 0.682. The zero-order valence-corrected chi connectivity index (χ0v) is 17.3. The number of benzene rings is 1. The van der Waals surface area contributed by atoms with E-state index in [2.05, 4.69) is 24.0 Å². The number of carbonyl (C=O) groups is 1. The number of rotatable bonds is 4. The van der Waals surface area contributed by atoms with Gasteiger partial charge in [0.25, 0.3) is 0 Å². The van der Waals surface area contributed by atoms with Gasteiger partial charge in [-0.3, -0.25) is 4.90 Å². The summed E-state index contributed by atoms with van der Waals surface area (Å²) in [5.41, 5.74) is 0.776. The van der Waals surface area contributed by atoms with E-state index in [1.165, 1.54) is 18.4 Å². The van der Waals surface area contributed by atoms with E-state index in [0.29, 0.717) is 24.4 Å². The van der Waals surface area contributed by atoms with E-state index in [4.69, 9.17) is 4.74 Å². The zero-order chi connectivity index (χ0) is 19.8. The molecule has 0 aromatic heterocycles. The Morgan fingerprint density at radius 2 is 1.70 bits per heavy atom. The predicted molar refractivity (Wildman–Crippen MR) is 105 cm³/mol. The monoisotopic (exact) mass is 373 g/mol. The summed E-state index contributed by atoms with van der Waals surface area (Å²) in [5.74, 6) is -0.295. The van der Waals surface area contributed by atoms with E-state index < -0.39 is 11.1 Å². The second-order valence-electron chi connectivity index (χ2n) is 9.26. The van der Waals surface area contributed by atoms with Crippen molar-refractivity contribution in [3.63, 3.8) is 0 Å². The molecule has 0 spiro atoms. The van der Waals surface area contributed by atoms with Crippen molar-refractivity contribution in [2.24, 2.45) is 0 Å². The van der Waals surface area contributed by atoms with Gasteiger partial charge in [-0.05, 0) is 71.3 Å². The highest BCUT2D eigenvalue weighted by atomic mass is 16.5. The van der Waals surface area contributed by atoms with Gasteiger partial charge in [0.15, 0.2) is 0 Å². The molecule has 1 radical (unpaired) electrons. The van der Waals surface area contributed by atoms with Crippen LogP contribution >= 0.6 is 0 Å². The van der Waals surface area contributed by atoms with Crippen molar-refractivity contribution < 1.29 is 14.7 Å². The molecule has 27 heavy (non-hydrogen) atoms. The van der Waals surface area contributed by atoms with Crippen LogP contribution in [-0.4, -0.2) is 46.2 Å². The van der Waals surface area contributed by atoms with Crippen molar-refractivity contribution in [2.75, 3.05) is 13.1 Å². The molecule has 1 atom stereocenters. The van der Waals surface area contributed by atoms with Crippen molar-refractivity contribution in [1.29, 1.82) is 0 Å². The Bertz CT molecular complexity index is 651. The maximum absolute atomic E-state index is 12.6. The number of hydrogen-bond acceptors (Lipinski definition) is 4. The second kappa shape index (κ2) is 7.53. The third kappa shape index (κ3) is 4.20. The molecule has 0 bridgehead atoms. The number of piperidine rings is 1. The number of hydroxylamine groups is 2. The van der Waals surface area contributed by atoms with E-state index in [1.807, 2.05) is 39.8 Å². The number of carbonyl (C=O) groups excluding carboxylic acids is 1. The first-order valence-electron chi connectivity index (χ1n) is 10.2. The molecule has 5 heteroatoms. The maximum Gasteiger partial charge on any atom is 0.338 e. The molecule has 3 rings (SSSR count). The molecule has 1 aromatic carbocycles. The van der Waals surface area contributed by atoms with Crippen LogP contribution in [0.5, 0.6) is 0 Å². The fourth-order valence-electron chi connectivity index (χ4n) is 4.90. The molecule has 0 aliphatic carbocycles. The first kappa shape index (κ1) is 20.3. The Hall–Kier alpha value is -1.43. The maximum atomic E-state index is 12.6. The highest BCUT2D eigenvalue weighted by Gasteiger charge is 2.47. The lowest BCUT2D eigenvalue weighted by atomic mass is 9.80. The second-order valence-corrected chi connectivity index (χ2v) is 9.26. The van der Waals surface area contributed by atoms with E-state index in [1.54, 1.807) is 0 Å². The standard InChI is InChI=1S/C22H33N2O3/c1-6-23-13-7-8-19(23)16-9-11-17(12-10-16)20(25)27-18-14-21(2,3)24(26)22(4,5)15-18/h9-12,18-19H,6-8,13-15H2,1-5H3. The van der Waals surface area contributed by atoms with Crippen LogP contribution in [0.3, 0.4) is 0 Å². The van der Waals surface area contributed by atoms with Crippen LogP contribution in [0.2, 0.25) is 0 Å². The normalized spacial score (nSPS) is 26.2. The summed E-state index contributed by atoms with van der Waals surface area (Å²) >= 11 is 0. The van der Waals surface area contributed by atoms with Gasteiger partial charge in [0.2, 0.25) is 0 Å². The minimum atomic E-state index is -0.539. The number of nitrogens with zero attached hydrogens (tertiary/aromatic N) is 2. The van der Waals surface area contributed by atoms with Crippen molar-refractivity contribution in [1.82, 2.24) is 9.96 Å². The van der Waals surface area contributed by atoms with Crippen molar-refractivity contribution in [3.8, 4) is 0 Å². The van der Waals surface area contributed by atoms with Gasteiger partial charge in [-0.15, -0.1) is 10.3 Å². The largest absolute Gasteiger partial charge is 0.459 e. The number of hydrogen-bond donors (Lipinski definition) is 0. The zero-order valence-electron chi connectivity index (χ0n) is 17.3. The molecule has 2 fully saturated rings. The Morgan fingerprint density at radius 3 is 2.26 bits per heavy atom. The van der Waals surface area contributed by atoms with Crippen molar-refractivity contribution >= 4 is 5.97 Å². The molecule has 2 heterocycles. The van der Waals surface area contributed by atoms with Gasteiger partial charge in [0.1, 0.15) is 6.10 Å². The molecular formula is C22H33N2O3. The minimum Gasteiger partial charge on any atom is -0.459 e. The number of ether oxygens (including phenoxy) is 1. The molecular weight excluding hydrogens is 340 g/mol. The topological polar surface area (TPSA) is 52.7 Å². The van der Waals surface area contributed by atoms with E-state index in [9.17, 15) is 10.0 Å². The van der Waals surface area contributed by atoms with Crippen LogP contribution in [0.15, 0.2) is 24.3 Å². The number of likely N-dealkylation sites (tertiary alicyclic amines) is 1. The van der Waals surface area contributed by atoms with Gasteiger partial charge in [-0.1, -0.05) is 19.1 Å². The first-order valence-corrected chi connectivity index (χ1v) is 10.2. The molecule has 1 unspecified atom stereocenters. The molecule has 0 saturated carbocycles. The van der Waals surface area contributed by atoms with E-state index in [0.717, 1.165) is 18.2 Å². The van der Waals surface area contributed by atoms with E-state index in [-0.39, 0.29) is 12.1 Å². The Kier molecular flexibility index (Phi) is 5.67. The van der Waals surface area contributed by atoms with Crippen LogP contribution in [0.4, 0.5) is 0 Å². The molecule has 0 N–H and O–H groups in total. The highest BCUT2D eigenvalue weighted by Crippen LogP contribution is 2.38. The van der Waals surface area contributed by atoms with Crippen LogP contribution in [0.25, 0.3) is 0 Å². The Morgan fingerprint density at radius 1 is 1.11 bits per heavy atom. The molecule has 5 nitrogen and oxygen atoms in total. The van der Waals surface area contributed by atoms with Crippen molar-refractivity contribution in [2.45, 2.75) is 83.5 Å². The van der Waals surface area contributed by atoms with Gasteiger partial charge >= 0.3 is 5.97 Å². The molecule has 149 valence electrons. The summed E-state index contributed by atoms with van der Waals surface area (Å²) in [6.07, 6.45) is 3.27. The fourth-order valence-corrected chi connectivity index (χ4v) is 4.90. The van der Waals surface area contributed by atoms with Gasteiger partial charge < -0.3 is 4.74 Å². The highest BCUT2D eigenvalue weighted by molar-refractivity contribution is 5.89. The quantitative estimate of drug-likeness (QED) is 0.736. The van der Waals surface area contributed by atoms with Crippen molar-refractivity contribution in [3.05, 3.63) is 35.4 Å². The van der Waals surface area contributed by atoms with Gasteiger partial charge in [-0.2, -0.15) is 0 Å².